The van der Waals surface area contributed by atoms with Gasteiger partial charge in [-0.1, -0.05) is 0 Å². The van der Waals surface area contributed by atoms with Crippen molar-refractivity contribution >= 4 is 9.84 Å². The fourth-order valence-corrected chi connectivity index (χ4v) is 2.55. The third-order valence-corrected chi connectivity index (χ3v) is 3.86. The Balaban J connectivity index is 2.87. The van der Waals surface area contributed by atoms with E-state index in [1.54, 1.807) is 0 Å². The van der Waals surface area contributed by atoms with Crippen molar-refractivity contribution in [2.45, 2.75) is 4.90 Å². The van der Waals surface area contributed by atoms with Crippen LogP contribution in [-0.4, -0.2) is 39.7 Å². The van der Waals surface area contributed by atoms with E-state index < -0.39 is 9.84 Å². The Morgan fingerprint density at radius 1 is 1.25 bits per heavy atom. The highest BCUT2D eigenvalue weighted by Gasteiger charge is 2.14. The highest BCUT2D eigenvalue weighted by Crippen LogP contribution is 2.12. The Bertz CT molecular complexity index is 484. The van der Waals surface area contributed by atoms with Crippen LogP contribution in [0.15, 0.2) is 29.2 Å². The largest absolute Gasteiger partial charge is 0.308 e. The van der Waals surface area contributed by atoms with Gasteiger partial charge in [-0.2, -0.15) is 5.26 Å². The monoisotopic (exact) mass is 238 g/mol. The van der Waals surface area contributed by atoms with E-state index in [0.717, 1.165) is 0 Å². The lowest BCUT2D eigenvalue weighted by atomic mass is 10.2. The number of rotatable bonds is 4. The summed E-state index contributed by atoms with van der Waals surface area (Å²) in [6.45, 7) is 0.488. The predicted molar refractivity (Wildman–Crippen MR) is 61.8 cm³/mol. The normalized spacial score (nSPS) is 11.4. The van der Waals surface area contributed by atoms with Crippen molar-refractivity contribution in [2.24, 2.45) is 0 Å². The van der Waals surface area contributed by atoms with E-state index in [-0.39, 0.29) is 10.6 Å². The molecule has 0 N–H and O–H groups in total. The molecule has 1 aromatic rings. The molecule has 4 nitrogen and oxygen atoms in total. The molecule has 16 heavy (non-hydrogen) atoms. The lowest BCUT2D eigenvalue weighted by Crippen LogP contribution is -2.21. The molecule has 1 aromatic carbocycles. The van der Waals surface area contributed by atoms with Crippen molar-refractivity contribution in [1.29, 1.82) is 5.26 Å². The summed E-state index contributed by atoms with van der Waals surface area (Å²) in [5.74, 6) is 0.0892. The summed E-state index contributed by atoms with van der Waals surface area (Å²) in [6.07, 6.45) is 0. The summed E-state index contributed by atoms with van der Waals surface area (Å²) in [5.41, 5.74) is 0.464. The van der Waals surface area contributed by atoms with E-state index >= 15 is 0 Å². The molecule has 0 unspecified atom stereocenters. The van der Waals surface area contributed by atoms with E-state index in [4.69, 9.17) is 5.26 Å². The minimum atomic E-state index is -3.23. The average Bonchev–Trinajstić information content (AvgIpc) is 2.27. The number of nitrogens with zero attached hydrogens (tertiary/aromatic N) is 2. The van der Waals surface area contributed by atoms with Crippen LogP contribution in [0.5, 0.6) is 0 Å². The minimum Gasteiger partial charge on any atom is -0.308 e. The van der Waals surface area contributed by atoms with Crippen molar-refractivity contribution in [3.8, 4) is 6.07 Å². The van der Waals surface area contributed by atoms with Crippen LogP contribution in [0.4, 0.5) is 0 Å². The number of hydrogen-bond donors (Lipinski definition) is 0. The van der Waals surface area contributed by atoms with Gasteiger partial charge in [0, 0.05) is 6.54 Å². The molecule has 0 heterocycles. The molecule has 0 aliphatic rings. The molecule has 0 aliphatic carbocycles. The Labute approximate surface area is 96.0 Å². The topological polar surface area (TPSA) is 61.2 Å². The fraction of sp³-hybridized carbons (Fsp3) is 0.364. The second-order valence-corrected chi connectivity index (χ2v) is 5.87. The van der Waals surface area contributed by atoms with E-state index in [2.05, 4.69) is 0 Å². The fourth-order valence-electron chi connectivity index (χ4n) is 1.16. The third kappa shape index (κ3) is 3.33. The molecule has 0 radical (unpaired) electrons. The van der Waals surface area contributed by atoms with Gasteiger partial charge in [-0.25, -0.2) is 8.42 Å². The summed E-state index contributed by atoms with van der Waals surface area (Å²) in [4.78, 5) is 2.09. The van der Waals surface area contributed by atoms with Gasteiger partial charge in [0.15, 0.2) is 9.84 Å². The molecule has 0 saturated carbocycles. The molecule has 0 saturated heterocycles. The van der Waals surface area contributed by atoms with Gasteiger partial charge in [0.05, 0.1) is 22.3 Å². The quantitative estimate of drug-likeness (QED) is 0.781. The number of sulfone groups is 1. The maximum Gasteiger partial charge on any atom is 0.179 e. The van der Waals surface area contributed by atoms with Crippen LogP contribution in [-0.2, 0) is 9.84 Å². The van der Waals surface area contributed by atoms with Crippen LogP contribution >= 0.6 is 0 Å². The highest BCUT2D eigenvalue weighted by molar-refractivity contribution is 7.91. The molecule has 0 spiro atoms. The van der Waals surface area contributed by atoms with Crippen molar-refractivity contribution in [2.75, 3.05) is 26.4 Å². The molecule has 0 amide bonds. The summed E-state index contributed by atoms with van der Waals surface area (Å²) < 4.78 is 23.7. The van der Waals surface area contributed by atoms with Crippen LogP contribution in [0.1, 0.15) is 5.56 Å². The first-order valence-corrected chi connectivity index (χ1v) is 6.48. The summed E-state index contributed by atoms with van der Waals surface area (Å²) in [7, 11) is 0.424. The molecule has 86 valence electrons. The Morgan fingerprint density at radius 3 is 2.25 bits per heavy atom. The summed E-state index contributed by atoms with van der Waals surface area (Å²) in [5, 5.41) is 8.60. The summed E-state index contributed by atoms with van der Waals surface area (Å²) >= 11 is 0. The van der Waals surface area contributed by atoms with Gasteiger partial charge in [0.25, 0.3) is 0 Å². The van der Waals surface area contributed by atoms with Gasteiger partial charge in [0.1, 0.15) is 0 Å². The van der Waals surface area contributed by atoms with E-state index in [9.17, 15) is 8.42 Å². The Morgan fingerprint density at radius 2 is 1.81 bits per heavy atom. The SMILES string of the molecule is CN(C)CCS(=O)(=O)c1ccc(C#N)cc1. The zero-order chi connectivity index (χ0) is 12.2. The second kappa shape index (κ2) is 5.10. The second-order valence-electron chi connectivity index (χ2n) is 3.76. The third-order valence-electron chi connectivity index (χ3n) is 2.15. The molecule has 5 heteroatoms. The van der Waals surface area contributed by atoms with Crippen molar-refractivity contribution in [3.63, 3.8) is 0 Å². The Kier molecular flexibility index (Phi) is 4.05. The maximum absolute atomic E-state index is 11.8. The standard InChI is InChI=1S/C11H14N2O2S/c1-13(2)7-8-16(14,15)11-5-3-10(9-12)4-6-11/h3-6H,7-8H2,1-2H3. The lowest BCUT2D eigenvalue weighted by Gasteiger charge is -2.09. The van der Waals surface area contributed by atoms with E-state index in [0.29, 0.717) is 12.1 Å². The van der Waals surface area contributed by atoms with Gasteiger partial charge >= 0.3 is 0 Å². The average molecular weight is 238 g/mol. The van der Waals surface area contributed by atoms with E-state index in [1.165, 1.54) is 24.3 Å². The summed E-state index contributed by atoms with van der Waals surface area (Å²) in [6, 6.07) is 7.94. The molecular weight excluding hydrogens is 224 g/mol. The van der Waals surface area contributed by atoms with Crippen LogP contribution < -0.4 is 0 Å². The molecule has 0 atom stereocenters. The Hall–Kier alpha value is -1.38. The van der Waals surface area contributed by atoms with E-state index in [1.807, 2.05) is 25.1 Å². The highest BCUT2D eigenvalue weighted by atomic mass is 32.2. The van der Waals surface area contributed by atoms with Crippen LogP contribution in [0.3, 0.4) is 0 Å². The molecule has 0 bridgehead atoms. The van der Waals surface area contributed by atoms with Crippen molar-refractivity contribution in [1.82, 2.24) is 4.90 Å². The van der Waals surface area contributed by atoms with Crippen molar-refractivity contribution < 1.29 is 8.42 Å². The molecule has 0 aliphatic heterocycles. The molecule has 1 rings (SSSR count). The number of nitriles is 1. The van der Waals surface area contributed by atoms with Gasteiger partial charge in [-0.05, 0) is 38.4 Å². The van der Waals surface area contributed by atoms with Crippen molar-refractivity contribution in [3.05, 3.63) is 29.8 Å². The zero-order valence-electron chi connectivity index (χ0n) is 9.34. The number of benzene rings is 1. The first kappa shape index (κ1) is 12.7. The maximum atomic E-state index is 11.8. The van der Waals surface area contributed by atoms with Gasteiger partial charge in [-0.3, -0.25) is 0 Å². The zero-order valence-corrected chi connectivity index (χ0v) is 10.2. The first-order chi connectivity index (χ1) is 7.45. The van der Waals surface area contributed by atoms with Crippen LogP contribution in [0.2, 0.25) is 0 Å². The molecule has 0 aromatic heterocycles. The smallest absolute Gasteiger partial charge is 0.179 e. The lowest BCUT2D eigenvalue weighted by molar-refractivity contribution is 0.432. The van der Waals surface area contributed by atoms with Gasteiger partial charge in [-0.15, -0.1) is 0 Å². The van der Waals surface area contributed by atoms with Crippen LogP contribution in [0.25, 0.3) is 0 Å². The molecule has 0 fully saturated rings. The molecular formula is C11H14N2O2S. The first-order valence-electron chi connectivity index (χ1n) is 4.83. The van der Waals surface area contributed by atoms with Gasteiger partial charge < -0.3 is 4.90 Å². The minimum absolute atomic E-state index is 0.0892. The van der Waals surface area contributed by atoms with Crippen LogP contribution in [0, 0.1) is 11.3 Å². The van der Waals surface area contributed by atoms with Gasteiger partial charge in [0.2, 0.25) is 0 Å². The predicted octanol–water partition coefficient (Wildman–Crippen LogP) is 0.894. The number of hydrogen-bond acceptors (Lipinski definition) is 4.